The second-order valence-electron chi connectivity index (χ2n) is 25.9. The van der Waals surface area contributed by atoms with Crippen molar-refractivity contribution in [3.63, 3.8) is 0 Å². The van der Waals surface area contributed by atoms with E-state index >= 15 is 0 Å². The summed E-state index contributed by atoms with van der Waals surface area (Å²) < 4.78 is 0. The predicted molar refractivity (Wildman–Crippen MR) is 371 cm³/mol. The van der Waals surface area contributed by atoms with Gasteiger partial charge in [0, 0.05) is 56.0 Å². The number of benzene rings is 1. The number of nitrogens with two attached hydrogens (primary N) is 3. The smallest absolute Gasteiger partial charge is 0.305 e. The second kappa shape index (κ2) is 42.9. The minimum absolute atomic E-state index is 0.00778. The van der Waals surface area contributed by atoms with Gasteiger partial charge in [0.1, 0.15) is 66.5 Å². The lowest BCUT2D eigenvalue weighted by atomic mass is 9.96. The van der Waals surface area contributed by atoms with E-state index in [1.165, 1.54) is 24.3 Å². The summed E-state index contributed by atoms with van der Waals surface area (Å²) in [6, 6.07) is -8.80. The Morgan fingerprint density at radius 2 is 1.30 bits per heavy atom. The summed E-state index contributed by atoms with van der Waals surface area (Å²) >= 11 is 1.25. The Kier molecular flexibility index (Phi) is 35.8. The molecule has 2 aliphatic heterocycles. The van der Waals surface area contributed by atoms with Crippen LogP contribution in [0.3, 0.4) is 0 Å². The Labute approximate surface area is 590 Å². The molecule has 0 spiro atoms. The van der Waals surface area contributed by atoms with Gasteiger partial charge in [-0.25, -0.2) is 4.98 Å². The number of carbonyl (C=O) groups is 14. The van der Waals surface area contributed by atoms with E-state index in [1.807, 2.05) is 6.92 Å². The summed E-state index contributed by atoms with van der Waals surface area (Å²) in [6.07, 6.45) is -0.0103. The minimum atomic E-state index is -1.95. The molecule has 0 aliphatic carbocycles. The van der Waals surface area contributed by atoms with Gasteiger partial charge in [-0.05, 0) is 81.2 Å². The van der Waals surface area contributed by atoms with Crippen LogP contribution in [0.15, 0.2) is 47.8 Å². The number of aliphatic imine (C=N–C) groups is 1. The Morgan fingerprint density at radius 3 is 1.88 bits per heavy atom. The fraction of sp³-hybridized carbons (Fsp3) is 0.636. The van der Waals surface area contributed by atoms with E-state index in [2.05, 4.69) is 73.4 Å². The molecular formula is C66H103N17O17S. The van der Waals surface area contributed by atoms with Crippen molar-refractivity contribution in [3.05, 3.63) is 54.1 Å². The number of hydrogen-bond donors (Lipinski definition) is 18. The third-order valence-corrected chi connectivity index (χ3v) is 18.6. The van der Waals surface area contributed by atoms with Crippen molar-refractivity contribution in [2.75, 3.05) is 25.4 Å². The molecule has 0 bridgehead atoms. The fourth-order valence-electron chi connectivity index (χ4n) is 11.1. The summed E-state index contributed by atoms with van der Waals surface area (Å²) in [5, 5.41) is 58.6. The molecule has 21 N–H and O–H groups in total. The van der Waals surface area contributed by atoms with Gasteiger partial charge < -0.3 is 96.0 Å². The number of hydrogen-bond acceptors (Lipinski definition) is 20. The molecule has 12 amide bonds. The van der Waals surface area contributed by atoms with Crippen molar-refractivity contribution in [2.24, 2.45) is 45.9 Å². The standard InChI is InChI=1S/C66H103N17O17S/c1-8-35(6)53(83-58(93)42(21-22-50(86)87)74-59(94)43(25-34(4)5)76-63(98)48-32-101-66(81-48)52(69)38(10-3)31-84)64(99)75-40-19-14-15-24-71-55(90)46(28-49(68)85)78-62(97)47(29-51(88)89)79-61(96)45(27-39-30-70-33-72-39)77-60(95)44(26-37-17-12-11-13-18-37)80-65(100)54(36(7)9-2)82-57(92)41(20-16-23-67)73-56(40)91/h11-13,17-18,30,33-36,38,40-48,52-54,84H,8-10,14-16,19-29,31-32,67,69H2,1-7H3,(H2,68,85)(H,70,72)(H,71,90)(H,73,91)(H,74,94)(H,75,99)(H,76,98)(H,77,95)(H,78,97)(H,79,96)(H,80,100)(H,82,92)(H,83,93)(H,86,87)(H,88,89)/t35-,36-,38+,40-,41+,42+,43-,44+,45-,46-,47+,48-,52-,53-,54-/m0/s1. The average molecular weight is 1440 g/mol. The summed E-state index contributed by atoms with van der Waals surface area (Å²) in [7, 11) is 0. The first-order chi connectivity index (χ1) is 47.9. The van der Waals surface area contributed by atoms with E-state index in [0.717, 1.165) is 0 Å². The number of aromatic nitrogens is 2. The molecule has 15 atom stereocenters. The zero-order valence-corrected chi connectivity index (χ0v) is 59.1. The van der Waals surface area contributed by atoms with Gasteiger partial charge in [0.05, 0.1) is 30.3 Å². The third kappa shape index (κ3) is 28.1. The van der Waals surface area contributed by atoms with Crippen molar-refractivity contribution in [2.45, 2.75) is 217 Å². The largest absolute Gasteiger partial charge is 0.481 e. The molecule has 0 unspecified atom stereocenters. The van der Waals surface area contributed by atoms with E-state index in [-0.39, 0.29) is 107 Å². The minimum Gasteiger partial charge on any atom is -0.481 e. The van der Waals surface area contributed by atoms with E-state index in [0.29, 0.717) is 17.0 Å². The highest BCUT2D eigenvalue weighted by molar-refractivity contribution is 8.14. The molecular weight excluding hydrogens is 1330 g/mol. The lowest BCUT2D eigenvalue weighted by Crippen LogP contribution is -2.62. The van der Waals surface area contributed by atoms with Gasteiger partial charge in [-0.15, -0.1) is 11.8 Å². The number of nitrogens with one attached hydrogen (secondary N) is 12. The van der Waals surface area contributed by atoms with E-state index in [1.54, 1.807) is 71.9 Å². The second-order valence-corrected chi connectivity index (χ2v) is 27.0. The number of H-pyrrole nitrogens is 1. The van der Waals surface area contributed by atoms with Gasteiger partial charge in [0.2, 0.25) is 70.9 Å². The maximum Gasteiger partial charge on any atom is 0.305 e. The quantitative estimate of drug-likeness (QED) is 0.0354. The Hall–Kier alpha value is -9.09. The van der Waals surface area contributed by atoms with E-state index < -0.39 is 193 Å². The van der Waals surface area contributed by atoms with Gasteiger partial charge in [0.15, 0.2) is 0 Å². The molecule has 1 aromatic carbocycles. The van der Waals surface area contributed by atoms with Crippen LogP contribution in [0.5, 0.6) is 0 Å². The highest BCUT2D eigenvalue weighted by Gasteiger charge is 2.40. The number of thioether (sulfide) groups is 1. The highest BCUT2D eigenvalue weighted by Crippen LogP contribution is 2.25. The molecule has 35 heteroatoms. The number of aliphatic carboxylic acids is 2. The van der Waals surface area contributed by atoms with Crippen LogP contribution in [0.4, 0.5) is 0 Å². The van der Waals surface area contributed by atoms with Gasteiger partial charge in [-0.1, -0.05) is 91.6 Å². The summed E-state index contributed by atoms with van der Waals surface area (Å²) in [5.41, 5.74) is 18.6. The first-order valence-electron chi connectivity index (χ1n) is 34.2. The number of aliphatic hydroxyl groups excluding tert-OH is 1. The third-order valence-electron chi connectivity index (χ3n) is 17.5. The molecule has 560 valence electrons. The van der Waals surface area contributed by atoms with Crippen LogP contribution in [0.1, 0.15) is 143 Å². The van der Waals surface area contributed by atoms with E-state index in [9.17, 15) is 82.4 Å². The number of carbonyl (C=O) groups excluding carboxylic acids is 12. The normalized spacial score (nSPS) is 23.0. The monoisotopic (exact) mass is 1440 g/mol. The molecule has 101 heavy (non-hydrogen) atoms. The summed E-state index contributed by atoms with van der Waals surface area (Å²) in [4.78, 5) is 207. The van der Waals surface area contributed by atoms with Gasteiger partial charge in [-0.3, -0.25) is 72.1 Å². The van der Waals surface area contributed by atoms with Crippen molar-refractivity contribution in [3.8, 4) is 0 Å². The van der Waals surface area contributed by atoms with Crippen LogP contribution in [-0.4, -0.2) is 211 Å². The molecule has 0 radical (unpaired) electrons. The number of carboxylic acid groups (broad SMARTS) is 2. The molecule has 2 aliphatic rings. The molecule has 2 aromatic rings. The van der Waals surface area contributed by atoms with E-state index in [4.69, 9.17) is 17.2 Å². The average Bonchev–Trinajstić information content (AvgIpc) is 1.84. The number of primary amides is 1. The lowest BCUT2D eigenvalue weighted by molar-refractivity contribution is -0.142. The molecule has 1 fully saturated rings. The SMILES string of the molecule is CC[C@H](CO)[C@H](N)C1=N[C@H](C(=O)N[C@@H](CC(C)C)C(=O)N[C@H](CCC(=O)O)C(=O)N[C@H](C(=O)N[C@H]2CCCCNC(=O)[C@H](CC(N)=O)NC(=O)[C@@H](CC(=O)O)NC(=O)[C@H](Cc3cnc[nH]3)NC(=O)[C@@H](Cc3ccccc3)NC(=O)[C@H]([C@@H](C)CC)NC(=O)[C@@H](CCCN)NC2=O)[C@@H](C)CC)CS1. The Bertz CT molecular complexity index is 3180. The van der Waals surface area contributed by atoms with Crippen molar-refractivity contribution in [1.82, 2.24) is 68.5 Å². The molecule has 3 heterocycles. The number of nitrogens with zero attached hydrogens (tertiary/aromatic N) is 2. The number of amides is 12. The number of carboxylic acids is 2. The number of imidazole rings is 1. The van der Waals surface area contributed by atoms with Crippen LogP contribution in [0.25, 0.3) is 0 Å². The zero-order valence-electron chi connectivity index (χ0n) is 58.3. The maximum absolute atomic E-state index is 14.9. The zero-order chi connectivity index (χ0) is 75.0. The number of aliphatic hydroxyl groups is 1. The molecule has 1 saturated heterocycles. The fourth-order valence-corrected chi connectivity index (χ4v) is 12.2. The first kappa shape index (κ1) is 84.3. The van der Waals surface area contributed by atoms with Crippen LogP contribution in [0.2, 0.25) is 0 Å². The molecule has 1 aromatic heterocycles. The van der Waals surface area contributed by atoms with Crippen molar-refractivity contribution < 1.29 is 82.4 Å². The Balaban J connectivity index is 1.77. The van der Waals surface area contributed by atoms with Crippen molar-refractivity contribution in [1.29, 1.82) is 0 Å². The summed E-state index contributed by atoms with van der Waals surface area (Å²) in [5.74, 6) is -16.1. The van der Waals surface area contributed by atoms with Crippen LogP contribution < -0.4 is 75.7 Å². The van der Waals surface area contributed by atoms with Crippen LogP contribution in [-0.2, 0) is 80.0 Å². The summed E-state index contributed by atoms with van der Waals surface area (Å²) in [6.45, 7) is 11.7. The number of aromatic amines is 1. The van der Waals surface area contributed by atoms with Gasteiger partial charge in [0.25, 0.3) is 0 Å². The number of rotatable bonds is 32. The lowest BCUT2D eigenvalue weighted by Gasteiger charge is -2.30. The molecule has 4 rings (SSSR count). The predicted octanol–water partition coefficient (Wildman–Crippen LogP) is -2.71. The topological polar surface area (TPSA) is 551 Å². The van der Waals surface area contributed by atoms with Gasteiger partial charge in [-0.2, -0.15) is 0 Å². The van der Waals surface area contributed by atoms with Gasteiger partial charge >= 0.3 is 11.9 Å². The van der Waals surface area contributed by atoms with Crippen LogP contribution in [0, 0.1) is 23.7 Å². The molecule has 0 saturated carbocycles. The van der Waals surface area contributed by atoms with Crippen molar-refractivity contribution >= 4 is 99.6 Å². The molecule has 34 nitrogen and oxygen atoms in total. The first-order valence-corrected chi connectivity index (χ1v) is 35.2. The maximum atomic E-state index is 14.9. The highest BCUT2D eigenvalue weighted by atomic mass is 32.2. The van der Waals surface area contributed by atoms with Crippen LogP contribution >= 0.6 is 11.8 Å². The Morgan fingerprint density at radius 1 is 0.683 bits per heavy atom.